The molecule has 0 amide bonds. The Balaban J connectivity index is 3.60. The SMILES string of the molecule is O=S(=O)(O)PCS. The van der Waals surface area contributed by atoms with Crippen LogP contribution >= 0.6 is 20.4 Å². The minimum atomic E-state index is -3.72. The van der Waals surface area contributed by atoms with Gasteiger partial charge in [0.2, 0.25) is 0 Å². The van der Waals surface area contributed by atoms with E-state index in [1.165, 1.54) is 0 Å². The van der Waals surface area contributed by atoms with Crippen molar-refractivity contribution in [1.29, 1.82) is 0 Å². The van der Waals surface area contributed by atoms with E-state index in [0.717, 1.165) is 0 Å². The van der Waals surface area contributed by atoms with Gasteiger partial charge in [0.25, 0.3) is 9.74 Å². The van der Waals surface area contributed by atoms with Crippen LogP contribution in [0, 0.1) is 0 Å². The summed E-state index contributed by atoms with van der Waals surface area (Å²) in [7, 11) is -4.21. The van der Waals surface area contributed by atoms with Crippen LogP contribution in [0.3, 0.4) is 0 Å². The molecule has 0 aliphatic heterocycles. The molecule has 7 heavy (non-hydrogen) atoms. The lowest BCUT2D eigenvalue weighted by atomic mass is 11.9. The molecule has 1 unspecified atom stereocenters. The molecule has 0 spiro atoms. The summed E-state index contributed by atoms with van der Waals surface area (Å²) in [5, 5.41) is 0. The van der Waals surface area contributed by atoms with Crippen molar-refractivity contribution in [3.8, 4) is 0 Å². The first-order chi connectivity index (χ1) is 3.06. The Hall–Kier alpha value is 0.690. The molecule has 0 heterocycles. The third kappa shape index (κ3) is 6.69. The molecule has 0 aromatic carbocycles. The highest BCUT2D eigenvalue weighted by atomic mass is 32.8. The summed E-state index contributed by atoms with van der Waals surface area (Å²) >= 11 is 3.59. The maximum atomic E-state index is 9.75. The van der Waals surface area contributed by atoms with E-state index in [4.69, 9.17) is 4.55 Å². The van der Waals surface area contributed by atoms with Crippen LogP contribution in [0.5, 0.6) is 0 Å². The van der Waals surface area contributed by atoms with Crippen molar-refractivity contribution in [3.63, 3.8) is 0 Å². The molecular formula is CH5O3PS2. The molecule has 6 heteroatoms. The summed E-state index contributed by atoms with van der Waals surface area (Å²) in [4.78, 5) is 0. The molecule has 0 aliphatic rings. The highest BCUT2D eigenvalue weighted by Gasteiger charge is 1.98. The normalized spacial score (nSPS) is 13.4. The van der Waals surface area contributed by atoms with Crippen molar-refractivity contribution in [2.75, 3.05) is 5.49 Å². The monoisotopic (exact) mass is 160 g/mol. The van der Waals surface area contributed by atoms with Crippen molar-refractivity contribution in [2.24, 2.45) is 0 Å². The van der Waals surface area contributed by atoms with Crippen LogP contribution in [0.4, 0.5) is 0 Å². The van der Waals surface area contributed by atoms with E-state index in [2.05, 4.69) is 12.6 Å². The summed E-state index contributed by atoms with van der Waals surface area (Å²) < 4.78 is 27.5. The first-order valence-corrected chi connectivity index (χ1v) is 5.39. The fourth-order valence-electron chi connectivity index (χ4n) is 0.0816. The van der Waals surface area contributed by atoms with Gasteiger partial charge >= 0.3 is 0 Å². The summed E-state index contributed by atoms with van der Waals surface area (Å²) in [6.45, 7) is 0. The molecule has 44 valence electrons. The first-order valence-electron chi connectivity index (χ1n) is 1.39. The van der Waals surface area contributed by atoms with Crippen LogP contribution < -0.4 is 0 Å². The van der Waals surface area contributed by atoms with Crippen LogP contribution in [0.15, 0.2) is 0 Å². The molecule has 1 N–H and O–H groups in total. The van der Waals surface area contributed by atoms with Gasteiger partial charge in [0.15, 0.2) is 0 Å². The molecule has 0 aromatic heterocycles. The average molecular weight is 160 g/mol. The predicted octanol–water partition coefficient (Wildman–Crippen LogP) is 0.355. The van der Waals surface area contributed by atoms with Crippen molar-refractivity contribution in [2.45, 2.75) is 0 Å². The van der Waals surface area contributed by atoms with Crippen LogP contribution in [0.1, 0.15) is 0 Å². The van der Waals surface area contributed by atoms with E-state index in [-0.39, 0.29) is 5.49 Å². The molecule has 0 aliphatic carbocycles. The minimum absolute atomic E-state index is 0.193. The minimum Gasteiger partial charge on any atom is -0.283 e. The summed E-state index contributed by atoms with van der Waals surface area (Å²) in [6, 6.07) is 0. The average Bonchev–Trinajstić information content (AvgIpc) is 1.30. The van der Waals surface area contributed by atoms with E-state index in [1.54, 1.807) is 0 Å². The lowest BCUT2D eigenvalue weighted by Gasteiger charge is -1.85. The molecule has 0 saturated heterocycles. The van der Waals surface area contributed by atoms with Crippen molar-refractivity contribution in [3.05, 3.63) is 0 Å². The topological polar surface area (TPSA) is 54.4 Å². The number of thiol groups is 1. The lowest BCUT2D eigenvalue weighted by molar-refractivity contribution is 0.502. The molecule has 0 saturated carbocycles. The van der Waals surface area contributed by atoms with E-state index < -0.39 is 17.5 Å². The smallest absolute Gasteiger partial charge is 0.278 e. The Bertz CT molecular complexity index is 126. The third-order valence-electron chi connectivity index (χ3n) is 0.247. The van der Waals surface area contributed by atoms with Gasteiger partial charge in [-0.15, -0.1) is 0 Å². The van der Waals surface area contributed by atoms with Gasteiger partial charge in [-0.3, -0.25) is 4.55 Å². The van der Waals surface area contributed by atoms with Gasteiger partial charge in [-0.25, -0.2) is 0 Å². The third-order valence-corrected chi connectivity index (χ3v) is 3.38. The molecule has 0 aromatic rings. The van der Waals surface area contributed by atoms with E-state index in [1.807, 2.05) is 0 Å². The summed E-state index contributed by atoms with van der Waals surface area (Å²) in [5.74, 6) is 0. The molecule has 0 fully saturated rings. The Morgan fingerprint density at radius 2 is 2.14 bits per heavy atom. The standard InChI is InChI=1S/CH5O3PS2/c2-7(3,4)5-1-6/h5-6H,1H2,(H,2,3,4). The lowest BCUT2D eigenvalue weighted by Crippen LogP contribution is -1.84. The first kappa shape index (κ1) is 7.69. The van der Waals surface area contributed by atoms with Gasteiger partial charge in [0.05, 0.1) is 0 Å². The van der Waals surface area contributed by atoms with Gasteiger partial charge in [0.1, 0.15) is 0 Å². The molecule has 0 rings (SSSR count). The van der Waals surface area contributed by atoms with E-state index in [0.29, 0.717) is 0 Å². The zero-order valence-corrected chi connectivity index (χ0v) is 6.04. The summed E-state index contributed by atoms with van der Waals surface area (Å²) in [6.07, 6.45) is 0. The highest BCUT2D eigenvalue weighted by molar-refractivity contribution is 8.42. The van der Waals surface area contributed by atoms with E-state index >= 15 is 0 Å². The zero-order chi connectivity index (χ0) is 5.91. The van der Waals surface area contributed by atoms with Gasteiger partial charge < -0.3 is 0 Å². The van der Waals surface area contributed by atoms with Crippen molar-refractivity contribution >= 4 is 30.1 Å². The van der Waals surface area contributed by atoms with Crippen LogP contribution in [0.2, 0.25) is 0 Å². The number of hydrogen-bond acceptors (Lipinski definition) is 3. The highest BCUT2D eigenvalue weighted by Crippen LogP contribution is 2.18. The Morgan fingerprint density at radius 3 is 2.14 bits per heavy atom. The van der Waals surface area contributed by atoms with Crippen LogP contribution in [0.25, 0.3) is 0 Å². The van der Waals surface area contributed by atoms with Crippen LogP contribution in [-0.4, -0.2) is 18.5 Å². The van der Waals surface area contributed by atoms with Gasteiger partial charge in [-0.05, 0) is 0 Å². The van der Waals surface area contributed by atoms with Gasteiger partial charge in [-0.2, -0.15) is 21.0 Å². The molecule has 0 radical (unpaired) electrons. The predicted molar refractivity (Wildman–Crippen MR) is 33.7 cm³/mol. The van der Waals surface area contributed by atoms with Gasteiger partial charge in [0, 0.05) is 13.3 Å². The Morgan fingerprint density at radius 1 is 1.71 bits per heavy atom. The molecule has 1 atom stereocenters. The molecule has 0 bridgehead atoms. The Labute approximate surface area is 49.2 Å². The molecule has 3 nitrogen and oxygen atoms in total. The van der Waals surface area contributed by atoms with Crippen LogP contribution in [-0.2, 0) is 9.74 Å². The fraction of sp³-hybridized carbons (Fsp3) is 1.00. The second kappa shape index (κ2) is 2.87. The number of hydrogen-bond donors (Lipinski definition) is 2. The van der Waals surface area contributed by atoms with Crippen molar-refractivity contribution in [1.82, 2.24) is 0 Å². The number of rotatable bonds is 2. The maximum absolute atomic E-state index is 9.75. The van der Waals surface area contributed by atoms with Gasteiger partial charge in [-0.1, -0.05) is 0 Å². The second-order valence-corrected chi connectivity index (χ2v) is 5.69. The van der Waals surface area contributed by atoms with E-state index in [9.17, 15) is 8.42 Å². The summed E-state index contributed by atoms with van der Waals surface area (Å²) in [5.41, 5.74) is 0.193. The maximum Gasteiger partial charge on any atom is 0.278 e. The zero-order valence-electron chi connectivity index (χ0n) is 3.33. The fourth-order valence-corrected chi connectivity index (χ4v) is 2.20. The van der Waals surface area contributed by atoms with Crippen molar-refractivity contribution < 1.29 is 13.0 Å². The molecular weight excluding hydrogens is 155 g/mol. The quantitative estimate of drug-likeness (QED) is 0.348. The Kier molecular flexibility index (Phi) is 3.15. The second-order valence-electron chi connectivity index (χ2n) is 0.778. The largest absolute Gasteiger partial charge is 0.283 e.